The van der Waals surface area contributed by atoms with E-state index in [1.807, 2.05) is 60.7 Å². The van der Waals surface area contributed by atoms with E-state index in [9.17, 15) is 9.59 Å². The average Bonchev–Trinajstić information content (AvgIpc) is 3.36. The number of nitrogens with zero attached hydrogens (tertiary/aromatic N) is 3. The molecule has 0 saturated carbocycles. The number of carbonyl (C=O) groups is 2. The van der Waals surface area contributed by atoms with Gasteiger partial charge in [-0.15, -0.1) is 0 Å². The quantitative estimate of drug-likeness (QED) is 0.295. The van der Waals surface area contributed by atoms with Gasteiger partial charge in [0.25, 0.3) is 5.91 Å². The highest BCUT2D eigenvalue weighted by Crippen LogP contribution is 2.30. The Kier molecular flexibility index (Phi) is 6.72. The minimum Gasteiger partial charge on any atom is -0.456 e. The summed E-state index contributed by atoms with van der Waals surface area (Å²) in [6, 6.07) is 27.7. The fourth-order valence-electron chi connectivity index (χ4n) is 3.81. The summed E-state index contributed by atoms with van der Waals surface area (Å²) >= 11 is 0. The van der Waals surface area contributed by atoms with Crippen LogP contribution in [0.3, 0.4) is 0 Å². The summed E-state index contributed by atoms with van der Waals surface area (Å²) in [5, 5.41) is 10.4. The lowest BCUT2D eigenvalue weighted by atomic mass is 10.1. The highest BCUT2D eigenvalue weighted by atomic mass is 16.5. The molecule has 0 radical (unpaired) electrons. The Morgan fingerprint density at radius 1 is 0.811 bits per heavy atom. The Hall–Kier alpha value is -5.24. The summed E-state index contributed by atoms with van der Waals surface area (Å²) in [6.45, 7) is 1.41. The Morgan fingerprint density at radius 3 is 2.19 bits per heavy atom. The zero-order valence-electron chi connectivity index (χ0n) is 20.0. The summed E-state index contributed by atoms with van der Waals surface area (Å²) in [5.74, 6) is 0.354. The van der Waals surface area contributed by atoms with Gasteiger partial charge in [-0.3, -0.25) is 14.6 Å². The van der Waals surface area contributed by atoms with Crippen LogP contribution in [0.15, 0.2) is 110 Å². The SMILES string of the molecule is CC(=O)Nc1cc(NC(=O)c2cn(-c3ccccc3)nc2-c2ccccc2)cc(Oc2cccnc2)c1. The molecule has 8 nitrogen and oxygen atoms in total. The summed E-state index contributed by atoms with van der Waals surface area (Å²) in [5.41, 5.74) is 3.52. The van der Waals surface area contributed by atoms with E-state index in [1.165, 1.54) is 6.92 Å². The minimum absolute atomic E-state index is 0.244. The van der Waals surface area contributed by atoms with Crippen LogP contribution < -0.4 is 15.4 Å². The number of nitrogens with one attached hydrogen (secondary N) is 2. The van der Waals surface area contributed by atoms with E-state index >= 15 is 0 Å². The van der Waals surface area contributed by atoms with Crippen LogP contribution in [-0.4, -0.2) is 26.6 Å². The molecule has 0 bridgehead atoms. The molecule has 0 saturated heterocycles. The fraction of sp³-hybridized carbons (Fsp3) is 0.0345. The number of anilines is 2. The van der Waals surface area contributed by atoms with Gasteiger partial charge in [0.15, 0.2) is 0 Å². The van der Waals surface area contributed by atoms with Gasteiger partial charge < -0.3 is 15.4 Å². The largest absolute Gasteiger partial charge is 0.456 e. The van der Waals surface area contributed by atoms with Crippen LogP contribution in [0.1, 0.15) is 17.3 Å². The lowest BCUT2D eigenvalue weighted by Gasteiger charge is -2.12. The summed E-state index contributed by atoms with van der Waals surface area (Å²) in [4.78, 5) is 29.3. The Labute approximate surface area is 213 Å². The molecular formula is C29H23N5O3. The zero-order chi connectivity index (χ0) is 25.6. The highest BCUT2D eigenvalue weighted by molar-refractivity contribution is 6.08. The molecule has 0 atom stereocenters. The maximum Gasteiger partial charge on any atom is 0.259 e. The second kappa shape index (κ2) is 10.6. The van der Waals surface area contributed by atoms with Gasteiger partial charge in [0, 0.05) is 48.4 Å². The molecule has 5 rings (SSSR count). The van der Waals surface area contributed by atoms with Gasteiger partial charge in [-0.05, 0) is 30.3 Å². The summed E-state index contributed by atoms with van der Waals surface area (Å²) < 4.78 is 7.58. The molecule has 2 amide bonds. The number of carbonyl (C=O) groups excluding carboxylic acids is 2. The maximum absolute atomic E-state index is 13.6. The molecule has 5 aromatic rings. The van der Waals surface area contributed by atoms with Crippen molar-refractivity contribution in [2.75, 3.05) is 10.6 Å². The van der Waals surface area contributed by atoms with Crippen LogP contribution in [0.25, 0.3) is 16.9 Å². The number of hydrogen-bond acceptors (Lipinski definition) is 5. The third-order valence-electron chi connectivity index (χ3n) is 5.38. The van der Waals surface area contributed by atoms with Crippen molar-refractivity contribution in [3.05, 3.63) is 115 Å². The number of pyridine rings is 1. The van der Waals surface area contributed by atoms with E-state index in [2.05, 4.69) is 15.6 Å². The van der Waals surface area contributed by atoms with Crippen LogP contribution in [0.2, 0.25) is 0 Å². The molecule has 37 heavy (non-hydrogen) atoms. The Morgan fingerprint density at radius 2 is 1.51 bits per heavy atom. The average molecular weight is 490 g/mol. The summed E-state index contributed by atoms with van der Waals surface area (Å²) in [7, 11) is 0. The number of rotatable bonds is 7. The predicted octanol–water partition coefficient (Wildman–Crippen LogP) is 5.94. The van der Waals surface area contributed by atoms with Gasteiger partial charge in [0.2, 0.25) is 5.91 Å². The van der Waals surface area contributed by atoms with Gasteiger partial charge in [-0.1, -0.05) is 48.5 Å². The van der Waals surface area contributed by atoms with E-state index in [0.717, 1.165) is 11.3 Å². The zero-order valence-corrected chi connectivity index (χ0v) is 20.0. The van der Waals surface area contributed by atoms with Crippen molar-refractivity contribution in [2.24, 2.45) is 0 Å². The molecule has 0 aliphatic carbocycles. The van der Waals surface area contributed by atoms with Crippen molar-refractivity contribution in [1.29, 1.82) is 0 Å². The Balaban J connectivity index is 1.50. The molecule has 2 aromatic heterocycles. The first-order valence-electron chi connectivity index (χ1n) is 11.6. The molecule has 182 valence electrons. The third kappa shape index (κ3) is 5.71. The lowest BCUT2D eigenvalue weighted by molar-refractivity contribution is -0.114. The van der Waals surface area contributed by atoms with Crippen molar-refractivity contribution < 1.29 is 14.3 Å². The van der Waals surface area contributed by atoms with E-state index in [-0.39, 0.29) is 11.8 Å². The lowest BCUT2D eigenvalue weighted by Crippen LogP contribution is -2.13. The number of para-hydroxylation sites is 1. The molecule has 0 aliphatic rings. The number of benzene rings is 3. The van der Waals surface area contributed by atoms with Crippen LogP contribution in [-0.2, 0) is 4.79 Å². The van der Waals surface area contributed by atoms with Gasteiger partial charge in [-0.2, -0.15) is 5.10 Å². The van der Waals surface area contributed by atoms with Crippen LogP contribution in [0, 0.1) is 0 Å². The van der Waals surface area contributed by atoms with Crippen molar-refractivity contribution in [3.8, 4) is 28.4 Å². The van der Waals surface area contributed by atoms with E-state index in [1.54, 1.807) is 53.6 Å². The molecule has 0 spiro atoms. The standard InChI is InChI=1S/C29H23N5O3/c1-20(35)31-22-15-23(17-26(16-22)37-25-13-8-14-30-18-25)32-29(36)27-19-34(24-11-6-3-7-12-24)33-28(27)21-9-4-2-5-10-21/h2-19H,1H3,(H,31,35)(H,32,36). The molecule has 3 aromatic carbocycles. The molecule has 8 heteroatoms. The Bertz CT molecular complexity index is 1530. The smallest absolute Gasteiger partial charge is 0.259 e. The monoisotopic (exact) mass is 489 g/mol. The molecule has 2 heterocycles. The normalized spacial score (nSPS) is 10.5. The minimum atomic E-state index is -0.353. The van der Waals surface area contributed by atoms with E-state index in [0.29, 0.717) is 34.1 Å². The number of hydrogen-bond donors (Lipinski definition) is 2. The highest BCUT2D eigenvalue weighted by Gasteiger charge is 2.19. The van der Waals surface area contributed by atoms with Crippen LogP contribution in [0.5, 0.6) is 11.5 Å². The number of aromatic nitrogens is 3. The first-order valence-corrected chi connectivity index (χ1v) is 11.6. The molecule has 2 N–H and O–H groups in total. The van der Waals surface area contributed by atoms with Crippen molar-refractivity contribution in [1.82, 2.24) is 14.8 Å². The van der Waals surface area contributed by atoms with Crippen molar-refractivity contribution in [2.45, 2.75) is 6.92 Å². The fourth-order valence-corrected chi connectivity index (χ4v) is 3.81. The first-order chi connectivity index (χ1) is 18.0. The molecule has 0 fully saturated rings. The summed E-state index contributed by atoms with van der Waals surface area (Å²) in [6.07, 6.45) is 4.93. The van der Waals surface area contributed by atoms with Crippen molar-refractivity contribution >= 4 is 23.2 Å². The second-order valence-electron chi connectivity index (χ2n) is 8.21. The predicted molar refractivity (Wildman–Crippen MR) is 142 cm³/mol. The molecule has 0 aliphatic heterocycles. The molecular weight excluding hydrogens is 466 g/mol. The van der Waals surface area contributed by atoms with Gasteiger partial charge >= 0.3 is 0 Å². The first kappa shape index (κ1) is 23.5. The molecule has 0 unspecified atom stereocenters. The van der Waals surface area contributed by atoms with Gasteiger partial charge in [-0.25, -0.2) is 4.68 Å². The van der Waals surface area contributed by atoms with Crippen LogP contribution in [0.4, 0.5) is 11.4 Å². The van der Waals surface area contributed by atoms with E-state index in [4.69, 9.17) is 9.84 Å². The van der Waals surface area contributed by atoms with Crippen LogP contribution >= 0.6 is 0 Å². The maximum atomic E-state index is 13.6. The van der Waals surface area contributed by atoms with E-state index < -0.39 is 0 Å². The van der Waals surface area contributed by atoms with Gasteiger partial charge in [0.05, 0.1) is 17.4 Å². The van der Waals surface area contributed by atoms with Crippen molar-refractivity contribution in [3.63, 3.8) is 0 Å². The second-order valence-corrected chi connectivity index (χ2v) is 8.21. The number of amides is 2. The number of ether oxygens (including phenoxy) is 1. The topological polar surface area (TPSA) is 98.1 Å². The van der Waals surface area contributed by atoms with Gasteiger partial charge in [0.1, 0.15) is 17.2 Å². The third-order valence-corrected chi connectivity index (χ3v) is 5.38.